The third-order valence-electron chi connectivity index (χ3n) is 6.46. The van der Waals surface area contributed by atoms with Crippen LogP contribution in [0.4, 0.5) is 0 Å². The molecule has 0 amide bonds. The van der Waals surface area contributed by atoms with Crippen LogP contribution < -0.4 is 0 Å². The van der Waals surface area contributed by atoms with E-state index >= 15 is 0 Å². The SMILES string of the molecule is Cc1cc(C)cc(CN2CCN(C3CCN(C(C)C)CC3)C(CCO)C2)c1. The van der Waals surface area contributed by atoms with Crippen LogP contribution >= 0.6 is 0 Å². The normalized spacial score (nSPS) is 24.0. The summed E-state index contributed by atoms with van der Waals surface area (Å²) in [7, 11) is 0. The van der Waals surface area contributed by atoms with Crippen LogP contribution in [0, 0.1) is 13.8 Å². The summed E-state index contributed by atoms with van der Waals surface area (Å²) >= 11 is 0. The predicted octanol–water partition coefficient (Wildman–Crippen LogP) is 3.04. The molecule has 0 aromatic heterocycles. The maximum absolute atomic E-state index is 9.64. The lowest BCUT2D eigenvalue weighted by molar-refractivity contribution is -0.0000338. The molecule has 0 saturated carbocycles. The molecule has 2 aliphatic heterocycles. The fraction of sp³-hybridized carbons (Fsp3) is 0.739. The molecule has 0 aliphatic carbocycles. The van der Waals surface area contributed by atoms with Crippen molar-refractivity contribution in [2.45, 2.75) is 71.6 Å². The fourth-order valence-electron chi connectivity index (χ4n) is 5.12. The number of aliphatic hydroxyl groups is 1. The van der Waals surface area contributed by atoms with Crippen LogP contribution in [0.15, 0.2) is 18.2 Å². The quantitative estimate of drug-likeness (QED) is 0.830. The van der Waals surface area contributed by atoms with Gasteiger partial charge in [-0.15, -0.1) is 0 Å². The molecule has 2 aliphatic rings. The van der Waals surface area contributed by atoms with Crippen molar-refractivity contribution >= 4 is 0 Å². The van der Waals surface area contributed by atoms with E-state index in [4.69, 9.17) is 0 Å². The molecule has 1 unspecified atom stereocenters. The Labute approximate surface area is 166 Å². The Morgan fingerprint density at radius 1 is 1.00 bits per heavy atom. The molecule has 3 rings (SSSR count). The third kappa shape index (κ3) is 5.54. The Morgan fingerprint density at radius 2 is 1.67 bits per heavy atom. The zero-order valence-corrected chi connectivity index (χ0v) is 17.8. The summed E-state index contributed by atoms with van der Waals surface area (Å²) < 4.78 is 0. The van der Waals surface area contributed by atoms with E-state index in [1.54, 1.807) is 0 Å². The monoisotopic (exact) mass is 373 g/mol. The molecule has 0 spiro atoms. The van der Waals surface area contributed by atoms with Crippen LogP contribution in [-0.2, 0) is 6.54 Å². The summed E-state index contributed by atoms with van der Waals surface area (Å²) in [5.74, 6) is 0. The van der Waals surface area contributed by atoms with E-state index in [-0.39, 0.29) is 0 Å². The van der Waals surface area contributed by atoms with Gasteiger partial charge in [-0.1, -0.05) is 29.3 Å². The second-order valence-corrected chi connectivity index (χ2v) is 9.00. The summed E-state index contributed by atoms with van der Waals surface area (Å²) in [5.41, 5.74) is 4.13. The molecule has 1 atom stereocenters. The average Bonchev–Trinajstić information content (AvgIpc) is 2.61. The maximum atomic E-state index is 9.64. The number of likely N-dealkylation sites (tertiary alicyclic amines) is 1. The highest BCUT2D eigenvalue weighted by Gasteiger charge is 2.33. The highest BCUT2D eigenvalue weighted by molar-refractivity contribution is 5.28. The van der Waals surface area contributed by atoms with Gasteiger partial charge in [0.15, 0.2) is 0 Å². The van der Waals surface area contributed by atoms with E-state index in [9.17, 15) is 5.11 Å². The predicted molar refractivity (Wildman–Crippen MR) is 113 cm³/mol. The zero-order valence-electron chi connectivity index (χ0n) is 17.8. The molecule has 2 fully saturated rings. The van der Waals surface area contributed by atoms with E-state index in [1.165, 1.54) is 42.6 Å². The van der Waals surface area contributed by atoms with Crippen molar-refractivity contribution in [3.63, 3.8) is 0 Å². The average molecular weight is 374 g/mol. The van der Waals surface area contributed by atoms with Gasteiger partial charge in [-0.05, 0) is 65.6 Å². The van der Waals surface area contributed by atoms with Gasteiger partial charge in [0.1, 0.15) is 0 Å². The molecular weight excluding hydrogens is 334 g/mol. The Morgan fingerprint density at radius 3 is 2.26 bits per heavy atom. The Balaban J connectivity index is 1.59. The minimum Gasteiger partial charge on any atom is -0.396 e. The minimum absolute atomic E-state index is 0.295. The van der Waals surface area contributed by atoms with Gasteiger partial charge in [0, 0.05) is 50.9 Å². The number of aryl methyl sites for hydroxylation is 2. The molecular formula is C23H39N3O. The zero-order chi connectivity index (χ0) is 19.4. The Kier molecular flexibility index (Phi) is 7.32. The van der Waals surface area contributed by atoms with Gasteiger partial charge in [0.2, 0.25) is 0 Å². The molecule has 1 aromatic carbocycles. The van der Waals surface area contributed by atoms with Crippen LogP contribution in [0.25, 0.3) is 0 Å². The second-order valence-electron chi connectivity index (χ2n) is 9.00. The number of piperazine rings is 1. The van der Waals surface area contributed by atoms with E-state index in [2.05, 4.69) is 60.6 Å². The minimum atomic E-state index is 0.295. The van der Waals surface area contributed by atoms with Crippen LogP contribution in [0.3, 0.4) is 0 Å². The summed E-state index contributed by atoms with van der Waals surface area (Å²) in [6, 6.07) is 8.74. The van der Waals surface area contributed by atoms with Crippen molar-refractivity contribution in [2.24, 2.45) is 0 Å². The molecule has 0 radical (unpaired) electrons. The van der Waals surface area contributed by atoms with Gasteiger partial charge in [-0.25, -0.2) is 0 Å². The smallest absolute Gasteiger partial charge is 0.0446 e. The number of rotatable bonds is 6. The molecule has 152 valence electrons. The van der Waals surface area contributed by atoms with E-state index in [0.717, 1.165) is 32.6 Å². The molecule has 1 aromatic rings. The second kappa shape index (κ2) is 9.51. The molecule has 4 nitrogen and oxygen atoms in total. The summed E-state index contributed by atoms with van der Waals surface area (Å²) in [5, 5.41) is 9.64. The van der Waals surface area contributed by atoms with Crippen LogP contribution in [-0.4, -0.2) is 77.3 Å². The summed E-state index contributed by atoms with van der Waals surface area (Å²) in [6.45, 7) is 16.1. The molecule has 4 heteroatoms. The lowest BCUT2D eigenvalue weighted by atomic mass is 9.97. The van der Waals surface area contributed by atoms with Gasteiger partial charge in [0.25, 0.3) is 0 Å². The van der Waals surface area contributed by atoms with Crippen molar-refractivity contribution in [2.75, 3.05) is 39.3 Å². The lowest BCUT2D eigenvalue weighted by Crippen LogP contribution is -2.58. The number of hydrogen-bond donors (Lipinski definition) is 1. The highest BCUT2D eigenvalue weighted by atomic mass is 16.3. The third-order valence-corrected chi connectivity index (χ3v) is 6.46. The maximum Gasteiger partial charge on any atom is 0.0446 e. The topological polar surface area (TPSA) is 30.0 Å². The van der Waals surface area contributed by atoms with E-state index in [0.29, 0.717) is 24.7 Å². The van der Waals surface area contributed by atoms with Crippen molar-refractivity contribution in [3.05, 3.63) is 34.9 Å². The van der Waals surface area contributed by atoms with Crippen molar-refractivity contribution in [3.8, 4) is 0 Å². The van der Waals surface area contributed by atoms with Crippen molar-refractivity contribution in [1.29, 1.82) is 0 Å². The Bertz CT molecular complexity index is 575. The van der Waals surface area contributed by atoms with Gasteiger partial charge in [0.05, 0.1) is 0 Å². The first-order chi connectivity index (χ1) is 13.0. The molecule has 2 heterocycles. The molecule has 27 heavy (non-hydrogen) atoms. The molecule has 1 N–H and O–H groups in total. The van der Waals surface area contributed by atoms with E-state index in [1.807, 2.05) is 0 Å². The van der Waals surface area contributed by atoms with Crippen molar-refractivity contribution < 1.29 is 5.11 Å². The summed E-state index contributed by atoms with van der Waals surface area (Å²) in [4.78, 5) is 7.92. The van der Waals surface area contributed by atoms with Crippen LogP contribution in [0.1, 0.15) is 49.8 Å². The Hall–Kier alpha value is -0.940. The van der Waals surface area contributed by atoms with Gasteiger partial charge < -0.3 is 10.0 Å². The largest absolute Gasteiger partial charge is 0.396 e. The van der Waals surface area contributed by atoms with Gasteiger partial charge in [-0.3, -0.25) is 9.80 Å². The van der Waals surface area contributed by atoms with Crippen LogP contribution in [0.2, 0.25) is 0 Å². The number of benzene rings is 1. The number of hydrogen-bond acceptors (Lipinski definition) is 4. The standard InChI is InChI=1S/C23H39N3O/c1-18(2)25-8-5-22(6-9-25)26-11-10-24(17-23(26)7-12-27)16-21-14-19(3)13-20(4)15-21/h13-15,18,22-23,27H,5-12,16-17H2,1-4H3. The number of piperidine rings is 1. The lowest BCUT2D eigenvalue weighted by Gasteiger charge is -2.48. The first-order valence-corrected chi connectivity index (χ1v) is 10.9. The van der Waals surface area contributed by atoms with Crippen molar-refractivity contribution in [1.82, 2.24) is 14.7 Å². The van der Waals surface area contributed by atoms with E-state index < -0.39 is 0 Å². The van der Waals surface area contributed by atoms with Gasteiger partial charge in [-0.2, -0.15) is 0 Å². The molecule has 2 saturated heterocycles. The number of nitrogens with zero attached hydrogens (tertiary/aromatic N) is 3. The molecule has 0 bridgehead atoms. The van der Waals surface area contributed by atoms with Crippen LogP contribution in [0.5, 0.6) is 0 Å². The first-order valence-electron chi connectivity index (χ1n) is 10.9. The highest BCUT2D eigenvalue weighted by Crippen LogP contribution is 2.25. The first kappa shape index (κ1) is 20.8. The fourth-order valence-corrected chi connectivity index (χ4v) is 5.12. The number of aliphatic hydroxyl groups excluding tert-OH is 1. The van der Waals surface area contributed by atoms with Gasteiger partial charge >= 0.3 is 0 Å². The summed E-state index contributed by atoms with van der Waals surface area (Å²) in [6.07, 6.45) is 3.45.